The molecule has 0 spiro atoms. The second-order valence-electron chi connectivity index (χ2n) is 7.21. The summed E-state index contributed by atoms with van der Waals surface area (Å²) < 4.78 is 38.6. The van der Waals surface area contributed by atoms with Crippen molar-refractivity contribution in [3.05, 3.63) is 40.1 Å². The minimum atomic E-state index is -4.05. The van der Waals surface area contributed by atoms with Crippen LogP contribution in [0, 0.1) is 0 Å². The fourth-order valence-electron chi connectivity index (χ4n) is 3.87. The zero-order valence-electron chi connectivity index (χ0n) is 16.4. The number of piperidine rings is 1. The minimum Gasteiger partial charge on any atom is -0.493 e. The van der Waals surface area contributed by atoms with Crippen molar-refractivity contribution in [2.24, 2.45) is 0 Å². The highest BCUT2D eigenvalue weighted by Gasteiger charge is 2.32. The van der Waals surface area contributed by atoms with Gasteiger partial charge in [0.05, 0.1) is 19.3 Å². The molecule has 1 aromatic heterocycles. The Labute approximate surface area is 178 Å². The number of thiophene rings is 1. The van der Waals surface area contributed by atoms with Gasteiger partial charge in [-0.1, -0.05) is 0 Å². The Morgan fingerprint density at radius 2 is 2.10 bits per heavy atom. The lowest BCUT2D eigenvalue weighted by Gasteiger charge is -2.37. The SMILES string of the molecule is COC(=O)c1sccc1S(=O)(=O)Nc1ccc2c(c1)C(=O)N1CCCC[C@H]1CCO2. The van der Waals surface area contributed by atoms with E-state index in [1.165, 1.54) is 24.6 Å². The van der Waals surface area contributed by atoms with Crippen LogP contribution in [0.5, 0.6) is 5.75 Å². The zero-order chi connectivity index (χ0) is 21.3. The standard InChI is InChI=1S/C20H22N2O6S2/c1-27-20(24)18-17(8-11-29-18)30(25,26)21-13-5-6-16-15(12-13)19(23)22-9-3-2-4-14(22)7-10-28-16/h5-6,8,11-12,14,21H,2-4,7,9-10H2,1H3/t14-/m0/s1. The first-order valence-corrected chi connectivity index (χ1v) is 12.0. The molecule has 1 fully saturated rings. The fraction of sp³-hybridized carbons (Fsp3) is 0.400. The van der Waals surface area contributed by atoms with Crippen molar-refractivity contribution in [3.63, 3.8) is 0 Å². The number of methoxy groups -OCH3 is 1. The first-order valence-electron chi connectivity index (χ1n) is 9.67. The maximum atomic E-state index is 13.2. The van der Waals surface area contributed by atoms with Gasteiger partial charge in [0.2, 0.25) is 0 Å². The van der Waals surface area contributed by atoms with Crippen molar-refractivity contribution in [1.82, 2.24) is 4.90 Å². The third-order valence-electron chi connectivity index (χ3n) is 5.35. The van der Waals surface area contributed by atoms with Crippen molar-refractivity contribution < 1.29 is 27.5 Å². The number of nitrogens with one attached hydrogen (secondary N) is 1. The van der Waals surface area contributed by atoms with Gasteiger partial charge in [0.15, 0.2) is 0 Å². The predicted octanol–water partition coefficient (Wildman–Crippen LogP) is 3.11. The molecule has 0 bridgehead atoms. The van der Waals surface area contributed by atoms with E-state index in [4.69, 9.17) is 4.74 Å². The molecule has 8 nitrogen and oxygen atoms in total. The van der Waals surface area contributed by atoms with Gasteiger partial charge in [0.1, 0.15) is 15.5 Å². The molecule has 1 saturated heterocycles. The van der Waals surface area contributed by atoms with Crippen LogP contribution < -0.4 is 9.46 Å². The van der Waals surface area contributed by atoms with Crippen molar-refractivity contribution in [2.75, 3.05) is 25.0 Å². The number of carbonyl (C=O) groups is 2. The summed E-state index contributed by atoms with van der Waals surface area (Å²) in [7, 11) is -2.85. The van der Waals surface area contributed by atoms with Gasteiger partial charge in [-0.25, -0.2) is 13.2 Å². The van der Waals surface area contributed by atoms with E-state index >= 15 is 0 Å². The van der Waals surface area contributed by atoms with Gasteiger partial charge in [0.25, 0.3) is 15.9 Å². The zero-order valence-corrected chi connectivity index (χ0v) is 18.1. The number of carbonyl (C=O) groups excluding carboxylic acids is 2. The predicted molar refractivity (Wildman–Crippen MR) is 112 cm³/mol. The summed E-state index contributed by atoms with van der Waals surface area (Å²) >= 11 is 0.986. The number of hydrogen-bond acceptors (Lipinski definition) is 7. The summed E-state index contributed by atoms with van der Waals surface area (Å²) in [6.07, 6.45) is 3.78. The van der Waals surface area contributed by atoms with Crippen molar-refractivity contribution >= 4 is 38.9 Å². The number of fused-ring (bicyclic) bond motifs is 2. The molecule has 1 aromatic carbocycles. The lowest BCUT2D eigenvalue weighted by Crippen LogP contribution is -2.45. The molecule has 0 radical (unpaired) electrons. The Hall–Kier alpha value is -2.59. The smallest absolute Gasteiger partial charge is 0.349 e. The van der Waals surface area contributed by atoms with E-state index in [9.17, 15) is 18.0 Å². The molecular weight excluding hydrogens is 428 g/mol. The number of benzene rings is 1. The van der Waals surface area contributed by atoms with E-state index in [-0.39, 0.29) is 27.4 Å². The quantitative estimate of drug-likeness (QED) is 0.718. The number of hydrogen-bond donors (Lipinski definition) is 1. The molecule has 160 valence electrons. The van der Waals surface area contributed by atoms with Crippen LogP contribution in [-0.4, -0.2) is 51.5 Å². The van der Waals surface area contributed by atoms with Gasteiger partial charge < -0.3 is 14.4 Å². The molecule has 3 heterocycles. The topological polar surface area (TPSA) is 102 Å². The summed E-state index contributed by atoms with van der Waals surface area (Å²) in [6, 6.07) is 6.14. The van der Waals surface area contributed by atoms with Gasteiger partial charge in [-0.15, -0.1) is 11.3 Å². The number of anilines is 1. The highest BCUT2D eigenvalue weighted by atomic mass is 32.2. The average Bonchev–Trinajstić information content (AvgIpc) is 3.24. The van der Waals surface area contributed by atoms with E-state index in [1.807, 2.05) is 4.90 Å². The average molecular weight is 451 g/mol. The van der Waals surface area contributed by atoms with Crippen LogP contribution in [0.4, 0.5) is 5.69 Å². The van der Waals surface area contributed by atoms with Gasteiger partial charge in [0, 0.05) is 24.7 Å². The summed E-state index contributed by atoms with van der Waals surface area (Å²) in [5.74, 6) is -0.428. The summed E-state index contributed by atoms with van der Waals surface area (Å²) in [5.41, 5.74) is 0.558. The molecule has 30 heavy (non-hydrogen) atoms. The fourth-order valence-corrected chi connectivity index (χ4v) is 6.26. The normalized spacial score (nSPS) is 19.0. The Kier molecular flexibility index (Phi) is 5.70. The number of sulfonamides is 1. The second kappa shape index (κ2) is 8.27. The Bertz CT molecular complexity index is 1080. The number of esters is 1. The molecule has 1 amide bonds. The van der Waals surface area contributed by atoms with Gasteiger partial charge in [-0.2, -0.15) is 0 Å². The lowest BCUT2D eigenvalue weighted by atomic mass is 9.97. The molecule has 0 aliphatic carbocycles. The largest absolute Gasteiger partial charge is 0.493 e. The van der Waals surface area contributed by atoms with Crippen LogP contribution >= 0.6 is 11.3 Å². The highest BCUT2D eigenvalue weighted by molar-refractivity contribution is 7.93. The van der Waals surface area contributed by atoms with Gasteiger partial charge in [-0.3, -0.25) is 9.52 Å². The summed E-state index contributed by atoms with van der Waals surface area (Å²) in [4.78, 5) is 26.7. The molecule has 4 rings (SSSR count). The number of nitrogens with zero attached hydrogens (tertiary/aromatic N) is 1. The van der Waals surface area contributed by atoms with Crippen LogP contribution in [0.1, 0.15) is 45.7 Å². The molecule has 2 aliphatic rings. The molecule has 0 saturated carbocycles. The lowest BCUT2D eigenvalue weighted by molar-refractivity contribution is 0.0547. The monoisotopic (exact) mass is 450 g/mol. The Balaban J connectivity index is 1.65. The molecule has 1 N–H and O–H groups in total. The minimum absolute atomic E-state index is 0.00758. The van der Waals surface area contributed by atoms with Crippen LogP contribution in [0.3, 0.4) is 0 Å². The third-order valence-corrected chi connectivity index (χ3v) is 7.80. The number of amides is 1. The van der Waals surface area contributed by atoms with Crippen LogP contribution in [0.25, 0.3) is 0 Å². The van der Waals surface area contributed by atoms with E-state index in [0.717, 1.165) is 37.0 Å². The first kappa shape index (κ1) is 20.7. The van der Waals surface area contributed by atoms with Crippen LogP contribution in [0.15, 0.2) is 34.5 Å². The Morgan fingerprint density at radius 3 is 2.90 bits per heavy atom. The van der Waals surface area contributed by atoms with Crippen molar-refractivity contribution in [1.29, 1.82) is 0 Å². The molecule has 2 aliphatic heterocycles. The van der Waals surface area contributed by atoms with E-state index in [0.29, 0.717) is 24.5 Å². The summed E-state index contributed by atoms with van der Waals surface area (Å²) in [6.45, 7) is 1.19. The highest BCUT2D eigenvalue weighted by Crippen LogP contribution is 2.32. The number of rotatable bonds is 4. The van der Waals surface area contributed by atoms with Gasteiger partial charge in [-0.05, 0) is 48.9 Å². The van der Waals surface area contributed by atoms with Crippen molar-refractivity contribution in [3.8, 4) is 5.75 Å². The maximum Gasteiger partial charge on any atom is 0.349 e. The van der Waals surface area contributed by atoms with Crippen molar-refractivity contribution in [2.45, 2.75) is 36.6 Å². The maximum absolute atomic E-state index is 13.2. The number of ether oxygens (including phenoxy) is 2. The Morgan fingerprint density at radius 1 is 1.27 bits per heavy atom. The molecule has 2 aromatic rings. The third kappa shape index (κ3) is 3.89. The molecule has 0 unspecified atom stereocenters. The van der Waals surface area contributed by atoms with Crippen LogP contribution in [0.2, 0.25) is 0 Å². The second-order valence-corrected chi connectivity index (χ2v) is 9.77. The van der Waals surface area contributed by atoms with Gasteiger partial charge >= 0.3 is 5.97 Å². The summed E-state index contributed by atoms with van der Waals surface area (Å²) in [5, 5.41) is 1.51. The van der Waals surface area contributed by atoms with E-state index in [1.54, 1.807) is 12.1 Å². The molecule has 1 atom stereocenters. The van der Waals surface area contributed by atoms with E-state index < -0.39 is 16.0 Å². The van der Waals surface area contributed by atoms with E-state index in [2.05, 4.69) is 9.46 Å². The van der Waals surface area contributed by atoms with Crippen LogP contribution in [-0.2, 0) is 14.8 Å². The first-order chi connectivity index (χ1) is 14.4. The molecular formula is C20H22N2O6S2. The molecule has 10 heteroatoms.